The normalized spacial score (nSPS) is 15.2. The van der Waals surface area contributed by atoms with E-state index in [1.54, 1.807) is 18.3 Å². The summed E-state index contributed by atoms with van der Waals surface area (Å²) in [6.45, 7) is 3.60. The minimum atomic E-state index is -0.655. The molecule has 0 aliphatic carbocycles. The highest BCUT2D eigenvalue weighted by Gasteiger charge is 2.33. The van der Waals surface area contributed by atoms with Gasteiger partial charge in [0.05, 0.1) is 22.9 Å². The number of nitrogens with zero attached hydrogens (tertiary/aromatic N) is 2. The molecule has 0 spiro atoms. The predicted molar refractivity (Wildman–Crippen MR) is 131 cm³/mol. The third-order valence-corrected chi connectivity index (χ3v) is 6.47. The predicted octanol–water partition coefficient (Wildman–Crippen LogP) is 5.78. The number of ether oxygens (including phenoxy) is 1. The minimum Gasteiger partial charge on any atom is -0.479 e. The van der Waals surface area contributed by atoms with Crippen molar-refractivity contribution >= 4 is 28.7 Å². The van der Waals surface area contributed by atoms with Gasteiger partial charge in [-0.2, -0.15) is 0 Å². The minimum absolute atomic E-state index is 0.0518. The Morgan fingerprint density at radius 3 is 2.39 bits per heavy atom. The molecule has 33 heavy (non-hydrogen) atoms. The molecule has 0 fully saturated rings. The lowest BCUT2D eigenvalue weighted by atomic mass is 10.0. The average Bonchev–Trinajstić information content (AvgIpc) is 3.28. The summed E-state index contributed by atoms with van der Waals surface area (Å²) in [7, 11) is 0. The molecular weight excluding hydrogens is 432 g/mol. The average molecular weight is 455 g/mol. The van der Waals surface area contributed by atoms with Crippen molar-refractivity contribution in [2.45, 2.75) is 20.0 Å². The fraction of sp³-hybridized carbons (Fsp3) is 0.148. The van der Waals surface area contributed by atoms with E-state index in [0.717, 1.165) is 27.4 Å². The van der Waals surface area contributed by atoms with E-state index in [2.05, 4.69) is 4.98 Å². The number of amides is 1. The maximum Gasteiger partial charge on any atom is 0.268 e. The first-order valence-corrected chi connectivity index (χ1v) is 11.6. The highest BCUT2D eigenvalue weighted by molar-refractivity contribution is 7.09. The van der Waals surface area contributed by atoms with Crippen molar-refractivity contribution in [2.75, 3.05) is 11.4 Å². The number of aryl methyl sites for hydroxylation is 1. The lowest BCUT2D eigenvalue weighted by Gasteiger charge is -2.33. The third kappa shape index (κ3) is 4.17. The molecule has 0 radical (unpaired) electrons. The van der Waals surface area contributed by atoms with Gasteiger partial charge in [0.25, 0.3) is 5.91 Å². The summed E-state index contributed by atoms with van der Waals surface area (Å²) in [5.41, 5.74) is 5.01. The van der Waals surface area contributed by atoms with Gasteiger partial charge in [-0.3, -0.25) is 14.5 Å². The van der Waals surface area contributed by atoms with Gasteiger partial charge >= 0.3 is 0 Å². The molecule has 0 N–H and O–H groups in total. The van der Waals surface area contributed by atoms with Crippen LogP contribution in [0.25, 0.3) is 22.4 Å². The first-order valence-electron chi connectivity index (χ1n) is 10.7. The molecule has 1 aromatic heterocycles. The van der Waals surface area contributed by atoms with Crippen LogP contribution in [-0.2, 0) is 4.79 Å². The number of Topliss-reactive ketones (excluding diaryl/α,β-unsaturated/α-hetero) is 1. The fourth-order valence-electron chi connectivity index (χ4n) is 3.94. The summed E-state index contributed by atoms with van der Waals surface area (Å²) in [5.74, 6) is 0.228. The lowest BCUT2D eigenvalue weighted by Crippen LogP contribution is -2.46. The number of carbonyl (C=O) groups excluding carboxylic acids is 2. The van der Waals surface area contributed by atoms with Gasteiger partial charge in [-0.1, -0.05) is 54.6 Å². The van der Waals surface area contributed by atoms with E-state index in [0.29, 0.717) is 17.0 Å². The van der Waals surface area contributed by atoms with E-state index in [-0.39, 0.29) is 18.2 Å². The maximum atomic E-state index is 13.1. The molecule has 5 nitrogen and oxygen atoms in total. The molecule has 1 unspecified atom stereocenters. The van der Waals surface area contributed by atoms with Crippen LogP contribution in [0.5, 0.6) is 5.75 Å². The summed E-state index contributed by atoms with van der Waals surface area (Å²) in [5, 5.41) is 2.95. The summed E-state index contributed by atoms with van der Waals surface area (Å²) >= 11 is 1.57. The van der Waals surface area contributed by atoms with E-state index in [1.807, 2.05) is 85.1 Å². The van der Waals surface area contributed by atoms with Gasteiger partial charge in [-0.25, -0.2) is 4.98 Å². The zero-order chi connectivity index (χ0) is 22.9. The Morgan fingerprint density at radius 2 is 1.70 bits per heavy atom. The van der Waals surface area contributed by atoms with Crippen molar-refractivity contribution in [3.8, 4) is 28.1 Å². The van der Waals surface area contributed by atoms with Crippen LogP contribution in [0.3, 0.4) is 0 Å². The molecule has 1 aliphatic heterocycles. The highest BCUT2D eigenvalue weighted by atomic mass is 32.1. The van der Waals surface area contributed by atoms with Crippen molar-refractivity contribution in [1.82, 2.24) is 4.98 Å². The molecule has 3 aromatic carbocycles. The molecule has 0 bridgehead atoms. The molecule has 1 amide bonds. The van der Waals surface area contributed by atoms with Gasteiger partial charge in [0.2, 0.25) is 0 Å². The number of rotatable bonds is 5. The molecule has 0 saturated carbocycles. The number of benzene rings is 3. The van der Waals surface area contributed by atoms with Gasteiger partial charge in [0.1, 0.15) is 5.75 Å². The zero-order valence-electron chi connectivity index (χ0n) is 18.3. The largest absolute Gasteiger partial charge is 0.479 e. The number of anilines is 1. The summed E-state index contributed by atoms with van der Waals surface area (Å²) < 4.78 is 5.80. The number of thiazole rings is 1. The summed E-state index contributed by atoms with van der Waals surface area (Å²) in [4.78, 5) is 32.2. The van der Waals surface area contributed by atoms with Crippen LogP contribution in [0, 0.1) is 6.92 Å². The zero-order valence-corrected chi connectivity index (χ0v) is 19.1. The van der Waals surface area contributed by atoms with Crippen molar-refractivity contribution in [2.24, 2.45) is 0 Å². The topological polar surface area (TPSA) is 59.5 Å². The Balaban J connectivity index is 1.43. The molecule has 1 aliphatic rings. The monoisotopic (exact) mass is 454 g/mol. The molecule has 2 heterocycles. The molecule has 0 saturated heterocycles. The first-order chi connectivity index (χ1) is 16.0. The van der Waals surface area contributed by atoms with Gasteiger partial charge in [-0.15, -0.1) is 11.3 Å². The van der Waals surface area contributed by atoms with Crippen LogP contribution in [0.1, 0.15) is 22.3 Å². The number of fused-ring (bicyclic) bond motifs is 1. The quantitative estimate of drug-likeness (QED) is 0.359. The maximum absolute atomic E-state index is 13.1. The SMILES string of the molecule is Cc1nc(-c2ccc3c(c2)N(CC(=O)c2ccc(-c4ccccc4)cc2)C(=O)C(C)O3)cs1. The summed E-state index contributed by atoms with van der Waals surface area (Å²) in [6, 6.07) is 23.1. The van der Waals surface area contributed by atoms with Crippen LogP contribution in [0.2, 0.25) is 0 Å². The standard InChI is InChI=1S/C27H22N2O3S/c1-17-27(31)29(24-14-22(12-13-26(24)32-17)23-16-33-18(2)28-23)15-25(30)21-10-8-20(9-11-21)19-6-4-3-5-7-19/h3-14,16-17H,15H2,1-2H3. The van der Waals surface area contributed by atoms with E-state index in [4.69, 9.17) is 4.74 Å². The Labute approximate surface area is 196 Å². The van der Waals surface area contributed by atoms with Gasteiger partial charge in [0, 0.05) is 16.5 Å². The van der Waals surface area contributed by atoms with Gasteiger partial charge < -0.3 is 4.74 Å². The second-order valence-electron chi connectivity index (χ2n) is 7.99. The number of ketones is 1. The van der Waals surface area contributed by atoms with Gasteiger partial charge in [0.15, 0.2) is 11.9 Å². The summed E-state index contributed by atoms with van der Waals surface area (Å²) in [6.07, 6.45) is -0.655. The number of hydrogen-bond acceptors (Lipinski definition) is 5. The number of hydrogen-bond donors (Lipinski definition) is 0. The second-order valence-corrected chi connectivity index (χ2v) is 9.05. The fourth-order valence-corrected chi connectivity index (χ4v) is 4.56. The van der Waals surface area contributed by atoms with Crippen LogP contribution in [-0.4, -0.2) is 29.3 Å². The molecule has 1 atom stereocenters. The van der Waals surface area contributed by atoms with Gasteiger partial charge in [-0.05, 0) is 43.2 Å². The Bertz CT molecular complexity index is 1330. The van der Waals surface area contributed by atoms with Crippen molar-refractivity contribution < 1.29 is 14.3 Å². The van der Waals surface area contributed by atoms with E-state index in [9.17, 15) is 9.59 Å². The Kier molecular flexibility index (Phi) is 5.52. The first kappa shape index (κ1) is 21.1. The van der Waals surface area contributed by atoms with E-state index >= 15 is 0 Å². The van der Waals surface area contributed by atoms with Crippen LogP contribution < -0.4 is 9.64 Å². The highest BCUT2D eigenvalue weighted by Crippen LogP contribution is 2.38. The Hall–Kier alpha value is -3.77. The van der Waals surface area contributed by atoms with Crippen molar-refractivity contribution in [1.29, 1.82) is 0 Å². The molecule has 164 valence electrons. The third-order valence-electron chi connectivity index (χ3n) is 5.70. The van der Waals surface area contributed by atoms with Crippen LogP contribution in [0.4, 0.5) is 5.69 Å². The van der Waals surface area contributed by atoms with Crippen molar-refractivity contribution in [3.05, 3.63) is 88.7 Å². The lowest BCUT2D eigenvalue weighted by molar-refractivity contribution is -0.125. The smallest absolute Gasteiger partial charge is 0.268 e. The molecule has 6 heteroatoms. The second kappa shape index (κ2) is 8.64. The number of aromatic nitrogens is 1. The van der Waals surface area contributed by atoms with Crippen LogP contribution in [0.15, 0.2) is 78.2 Å². The number of carbonyl (C=O) groups is 2. The van der Waals surface area contributed by atoms with Crippen molar-refractivity contribution in [3.63, 3.8) is 0 Å². The van der Waals surface area contributed by atoms with E-state index < -0.39 is 6.10 Å². The molecule has 5 rings (SSSR count). The molecular formula is C27H22N2O3S. The van der Waals surface area contributed by atoms with E-state index in [1.165, 1.54) is 4.90 Å². The Morgan fingerprint density at radius 1 is 1.00 bits per heavy atom. The van der Waals surface area contributed by atoms with Crippen LogP contribution >= 0.6 is 11.3 Å². The molecule has 4 aromatic rings.